The van der Waals surface area contributed by atoms with Crippen molar-refractivity contribution < 1.29 is 5.11 Å². The van der Waals surface area contributed by atoms with E-state index in [0.717, 1.165) is 36.4 Å². The Hall–Kier alpha value is -1.62. The maximum absolute atomic E-state index is 9.00. The van der Waals surface area contributed by atoms with E-state index in [1.165, 1.54) is 0 Å². The van der Waals surface area contributed by atoms with Gasteiger partial charge in [-0.05, 0) is 30.7 Å². The van der Waals surface area contributed by atoms with E-state index in [4.69, 9.17) is 5.11 Å². The van der Waals surface area contributed by atoms with E-state index in [1.54, 1.807) is 6.20 Å². The monoisotopic (exact) mass is 276 g/mol. The Labute approximate surface area is 120 Å². The second-order valence-electron chi connectivity index (χ2n) is 5.69. The Morgan fingerprint density at radius 3 is 2.85 bits per heavy atom. The summed E-state index contributed by atoms with van der Waals surface area (Å²) in [6, 6.07) is 2.09. The van der Waals surface area contributed by atoms with Gasteiger partial charge in [0.05, 0.1) is 5.69 Å². The van der Waals surface area contributed by atoms with Gasteiger partial charge in [-0.2, -0.15) is 5.10 Å². The first-order valence-corrected chi connectivity index (χ1v) is 7.30. The number of aliphatic hydroxyl groups excluding tert-OH is 1. The maximum atomic E-state index is 9.00. The van der Waals surface area contributed by atoms with E-state index in [0.29, 0.717) is 11.8 Å². The van der Waals surface area contributed by atoms with Gasteiger partial charge in [0.1, 0.15) is 5.52 Å². The van der Waals surface area contributed by atoms with Crippen molar-refractivity contribution in [3.63, 3.8) is 0 Å². The molecule has 0 spiro atoms. The molecule has 110 valence electrons. The summed E-state index contributed by atoms with van der Waals surface area (Å²) in [5.74, 6) is 1.65. The first-order chi connectivity index (χ1) is 9.61. The number of anilines is 1. The normalized spacial score (nSPS) is 13.1. The molecule has 0 amide bonds. The van der Waals surface area contributed by atoms with Gasteiger partial charge < -0.3 is 10.4 Å². The zero-order chi connectivity index (χ0) is 14.5. The Kier molecular flexibility index (Phi) is 4.95. The first kappa shape index (κ1) is 14.8. The molecular weight excluding hydrogens is 252 g/mol. The van der Waals surface area contributed by atoms with Crippen LogP contribution in [0.2, 0.25) is 0 Å². The highest BCUT2D eigenvalue weighted by Gasteiger charge is 2.09. The fraction of sp³-hybridized carbons (Fsp3) is 0.600. The minimum atomic E-state index is 0.258. The van der Waals surface area contributed by atoms with Crippen LogP contribution in [-0.2, 0) is 0 Å². The summed E-state index contributed by atoms with van der Waals surface area (Å²) in [7, 11) is 0. The number of aromatic nitrogens is 3. The molecule has 2 aromatic rings. The van der Waals surface area contributed by atoms with Gasteiger partial charge >= 0.3 is 0 Å². The van der Waals surface area contributed by atoms with Crippen LogP contribution in [0.4, 0.5) is 5.82 Å². The van der Waals surface area contributed by atoms with Crippen LogP contribution in [0.1, 0.15) is 45.2 Å². The maximum Gasteiger partial charge on any atom is 0.152 e. The second kappa shape index (κ2) is 6.70. The third-order valence-corrected chi connectivity index (χ3v) is 3.48. The molecule has 1 unspecified atom stereocenters. The van der Waals surface area contributed by atoms with Crippen LogP contribution in [-0.4, -0.2) is 32.9 Å². The molecular formula is C15H24N4O. The van der Waals surface area contributed by atoms with Gasteiger partial charge in [0.25, 0.3) is 0 Å². The fourth-order valence-electron chi connectivity index (χ4n) is 2.11. The molecule has 1 atom stereocenters. The molecule has 2 N–H and O–H groups in total. The highest BCUT2D eigenvalue weighted by Crippen LogP contribution is 2.19. The summed E-state index contributed by atoms with van der Waals surface area (Å²) < 4.78 is 1.88. The van der Waals surface area contributed by atoms with Crippen LogP contribution in [0.5, 0.6) is 0 Å². The topological polar surface area (TPSA) is 62.5 Å². The molecule has 0 saturated carbocycles. The van der Waals surface area contributed by atoms with E-state index >= 15 is 0 Å². The van der Waals surface area contributed by atoms with Gasteiger partial charge in [0.2, 0.25) is 0 Å². The third kappa shape index (κ3) is 3.48. The Balaban J connectivity index is 2.02. The molecule has 0 bridgehead atoms. The first-order valence-electron chi connectivity index (χ1n) is 7.30. The van der Waals surface area contributed by atoms with Crippen molar-refractivity contribution in [2.75, 3.05) is 18.5 Å². The van der Waals surface area contributed by atoms with Gasteiger partial charge in [0.15, 0.2) is 5.82 Å². The van der Waals surface area contributed by atoms with Gasteiger partial charge in [0, 0.05) is 25.5 Å². The molecule has 20 heavy (non-hydrogen) atoms. The van der Waals surface area contributed by atoms with Crippen LogP contribution in [0.25, 0.3) is 5.52 Å². The zero-order valence-corrected chi connectivity index (χ0v) is 12.5. The Morgan fingerprint density at radius 1 is 1.35 bits per heavy atom. The zero-order valence-electron chi connectivity index (χ0n) is 12.5. The van der Waals surface area contributed by atoms with Crippen LogP contribution in [0.3, 0.4) is 0 Å². The SMILES string of the molecule is CC(CO)CCCNc1nccn2nc(C(C)C)cc12. The molecule has 0 aliphatic heterocycles. The number of aliphatic hydroxyl groups is 1. The molecule has 0 aromatic carbocycles. The highest BCUT2D eigenvalue weighted by atomic mass is 16.3. The molecule has 2 heterocycles. The number of hydrogen-bond acceptors (Lipinski definition) is 4. The van der Waals surface area contributed by atoms with Crippen molar-refractivity contribution in [2.45, 2.75) is 39.5 Å². The van der Waals surface area contributed by atoms with Gasteiger partial charge in [-0.15, -0.1) is 0 Å². The van der Waals surface area contributed by atoms with E-state index in [9.17, 15) is 0 Å². The van der Waals surface area contributed by atoms with Crippen molar-refractivity contribution in [2.24, 2.45) is 5.92 Å². The molecule has 5 nitrogen and oxygen atoms in total. The summed E-state index contributed by atoms with van der Waals surface area (Å²) in [4.78, 5) is 4.40. The number of nitrogens with zero attached hydrogens (tertiary/aromatic N) is 3. The lowest BCUT2D eigenvalue weighted by atomic mass is 10.1. The van der Waals surface area contributed by atoms with Crippen molar-refractivity contribution in [1.29, 1.82) is 0 Å². The van der Waals surface area contributed by atoms with Crippen LogP contribution < -0.4 is 5.32 Å². The molecule has 0 radical (unpaired) electrons. The number of rotatable bonds is 7. The fourth-order valence-corrected chi connectivity index (χ4v) is 2.11. The van der Waals surface area contributed by atoms with Crippen molar-refractivity contribution >= 4 is 11.3 Å². The van der Waals surface area contributed by atoms with Crippen LogP contribution >= 0.6 is 0 Å². The molecule has 0 aliphatic rings. The minimum absolute atomic E-state index is 0.258. The van der Waals surface area contributed by atoms with Crippen molar-refractivity contribution in [3.05, 3.63) is 24.2 Å². The number of nitrogens with one attached hydrogen (secondary N) is 1. The molecule has 2 aromatic heterocycles. The molecule has 0 saturated heterocycles. The van der Waals surface area contributed by atoms with Gasteiger partial charge in [-0.1, -0.05) is 20.8 Å². The van der Waals surface area contributed by atoms with E-state index < -0.39 is 0 Å². The summed E-state index contributed by atoms with van der Waals surface area (Å²) in [6.07, 6.45) is 5.68. The summed E-state index contributed by atoms with van der Waals surface area (Å²) >= 11 is 0. The number of fused-ring (bicyclic) bond motifs is 1. The standard InChI is InChI=1S/C15H24N4O/c1-11(2)13-9-14-15(17-7-8-19(14)18-13)16-6-4-5-12(3)10-20/h7-9,11-12,20H,4-6,10H2,1-3H3,(H,16,17). The molecule has 2 rings (SSSR count). The second-order valence-corrected chi connectivity index (χ2v) is 5.69. The largest absolute Gasteiger partial charge is 0.396 e. The Morgan fingerprint density at radius 2 is 2.15 bits per heavy atom. The van der Waals surface area contributed by atoms with Crippen LogP contribution in [0, 0.1) is 5.92 Å². The Bertz CT molecular complexity index is 550. The van der Waals surface area contributed by atoms with E-state index in [-0.39, 0.29) is 6.61 Å². The quantitative estimate of drug-likeness (QED) is 0.763. The predicted molar refractivity (Wildman–Crippen MR) is 81.0 cm³/mol. The lowest BCUT2D eigenvalue weighted by Crippen LogP contribution is -2.08. The van der Waals surface area contributed by atoms with Crippen molar-refractivity contribution in [1.82, 2.24) is 14.6 Å². The molecule has 0 fully saturated rings. The van der Waals surface area contributed by atoms with Crippen molar-refractivity contribution in [3.8, 4) is 0 Å². The summed E-state index contributed by atoms with van der Waals surface area (Å²) in [6.45, 7) is 7.45. The summed E-state index contributed by atoms with van der Waals surface area (Å²) in [5, 5.41) is 16.9. The third-order valence-electron chi connectivity index (χ3n) is 3.48. The molecule has 5 heteroatoms. The van der Waals surface area contributed by atoms with E-state index in [1.807, 2.05) is 10.7 Å². The lowest BCUT2D eigenvalue weighted by Gasteiger charge is -2.09. The van der Waals surface area contributed by atoms with E-state index in [2.05, 4.69) is 42.2 Å². The highest BCUT2D eigenvalue weighted by molar-refractivity contribution is 5.67. The minimum Gasteiger partial charge on any atom is -0.396 e. The average molecular weight is 276 g/mol. The van der Waals surface area contributed by atoms with Gasteiger partial charge in [-0.25, -0.2) is 9.50 Å². The van der Waals surface area contributed by atoms with Crippen LogP contribution in [0.15, 0.2) is 18.5 Å². The number of hydrogen-bond donors (Lipinski definition) is 2. The summed E-state index contributed by atoms with van der Waals surface area (Å²) in [5.41, 5.74) is 2.10. The predicted octanol–water partition coefficient (Wildman–Crippen LogP) is 2.67. The molecule has 0 aliphatic carbocycles. The van der Waals surface area contributed by atoms with Gasteiger partial charge in [-0.3, -0.25) is 0 Å². The average Bonchev–Trinajstić information content (AvgIpc) is 2.88. The lowest BCUT2D eigenvalue weighted by molar-refractivity contribution is 0.229. The smallest absolute Gasteiger partial charge is 0.152 e.